The summed E-state index contributed by atoms with van der Waals surface area (Å²) in [5, 5.41) is 14.2. The van der Waals surface area contributed by atoms with Crippen molar-refractivity contribution in [2.24, 2.45) is 0 Å². The number of amides is 2. The molecule has 0 aliphatic rings. The molecule has 0 bridgehead atoms. The minimum absolute atomic E-state index is 0.281. The van der Waals surface area contributed by atoms with E-state index >= 15 is 0 Å². The maximum Gasteiger partial charge on any atom is 0.330 e. The molecule has 2 amide bonds. The van der Waals surface area contributed by atoms with Crippen molar-refractivity contribution in [3.05, 3.63) is 0 Å². The third kappa shape index (κ3) is 21.1. The summed E-state index contributed by atoms with van der Waals surface area (Å²) >= 11 is 1.46. The Labute approximate surface area is 228 Å². The average Bonchev–Trinajstić information content (AvgIpc) is 2.88. The van der Waals surface area contributed by atoms with Crippen LogP contribution in [0.15, 0.2) is 0 Å². The molecule has 0 fully saturated rings. The van der Waals surface area contributed by atoms with E-state index in [-0.39, 0.29) is 11.7 Å². The van der Waals surface area contributed by atoms with Gasteiger partial charge in [-0.3, -0.25) is 14.4 Å². The van der Waals surface area contributed by atoms with Gasteiger partial charge < -0.3 is 20.5 Å². The van der Waals surface area contributed by atoms with Crippen LogP contribution in [0.1, 0.15) is 117 Å². The van der Waals surface area contributed by atoms with Crippen molar-refractivity contribution in [3.8, 4) is 0 Å². The van der Waals surface area contributed by atoms with Crippen LogP contribution in [0.4, 0.5) is 0 Å². The van der Waals surface area contributed by atoms with Crippen molar-refractivity contribution in [1.82, 2.24) is 10.6 Å². The van der Waals surface area contributed by atoms with E-state index in [1.165, 1.54) is 89.3 Å². The number of esters is 1. The van der Waals surface area contributed by atoms with Crippen LogP contribution in [0.25, 0.3) is 0 Å². The summed E-state index contributed by atoms with van der Waals surface area (Å²) in [5.41, 5.74) is 0. The third-order valence-electron chi connectivity index (χ3n) is 6.27. The molecule has 9 heteroatoms. The van der Waals surface area contributed by atoms with Crippen molar-refractivity contribution in [2.75, 3.05) is 25.2 Å². The Morgan fingerprint density at radius 2 is 1.27 bits per heavy atom. The molecule has 0 unspecified atom stereocenters. The fourth-order valence-electron chi connectivity index (χ4n) is 4.06. The first-order chi connectivity index (χ1) is 17.8. The Bertz CT molecular complexity index is 632. The molecule has 0 aromatic rings. The van der Waals surface area contributed by atoms with E-state index in [1.807, 2.05) is 0 Å². The molecule has 8 nitrogen and oxygen atoms in total. The Kier molecular flexibility index (Phi) is 23.6. The molecule has 0 aromatic carbocycles. The first-order valence-electron chi connectivity index (χ1n) is 14.2. The number of ketones is 1. The molecule has 3 N–H and O–H groups in total. The monoisotopic (exact) mass is 544 g/mol. The number of rotatable bonds is 25. The second kappa shape index (κ2) is 24.7. The quantitative estimate of drug-likeness (QED) is 0.112. The molecule has 0 aliphatic heterocycles. The van der Waals surface area contributed by atoms with Crippen LogP contribution < -0.4 is 10.6 Å². The Balaban J connectivity index is 3.86. The number of aliphatic hydroxyl groups is 1. The van der Waals surface area contributed by atoms with Gasteiger partial charge in [0.25, 0.3) is 0 Å². The van der Waals surface area contributed by atoms with Gasteiger partial charge in [0.1, 0.15) is 11.8 Å². The molecule has 0 aromatic heterocycles. The van der Waals surface area contributed by atoms with E-state index in [1.54, 1.807) is 0 Å². The van der Waals surface area contributed by atoms with Gasteiger partial charge in [-0.15, -0.1) is 0 Å². The van der Waals surface area contributed by atoms with Crippen molar-refractivity contribution in [2.45, 2.75) is 129 Å². The smallest absolute Gasteiger partial charge is 0.330 e. The Morgan fingerprint density at radius 3 is 1.76 bits per heavy atom. The van der Waals surface area contributed by atoms with E-state index in [0.29, 0.717) is 24.3 Å². The molecular weight excluding hydrogens is 492 g/mol. The van der Waals surface area contributed by atoms with E-state index in [9.17, 15) is 24.3 Å². The number of thioether (sulfide) groups is 1. The minimum Gasteiger partial charge on any atom is -0.467 e. The normalized spacial score (nSPS) is 12.5. The number of unbranched alkanes of at least 4 members (excludes halogenated alkanes) is 12. The van der Waals surface area contributed by atoms with Crippen LogP contribution in [0.3, 0.4) is 0 Å². The lowest BCUT2D eigenvalue weighted by molar-refractivity contribution is -0.146. The number of carbonyl (C=O) groups excluding carboxylic acids is 4. The number of nitrogens with one attached hydrogen (secondary N) is 2. The number of Topliss-reactive ketones (excluding diaryl/α,β-unsaturated/α-hetero) is 1. The van der Waals surface area contributed by atoms with Gasteiger partial charge in [-0.1, -0.05) is 84.0 Å². The SMILES string of the molecule is CCCCCCCCCCCCCCCC(=O)CCCSC[C@H](NC(C)=O)C(=O)N[C@@H](CO)C(=O)OC. The maximum atomic E-state index is 12.4. The van der Waals surface area contributed by atoms with E-state index in [2.05, 4.69) is 22.3 Å². The van der Waals surface area contributed by atoms with Crippen LogP contribution in [0.2, 0.25) is 0 Å². The topological polar surface area (TPSA) is 122 Å². The van der Waals surface area contributed by atoms with Gasteiger partial charge in [0.05, 0.1) is 13.7 Å². The maximum absolute atomic E-state index is 12.4. The van der Waals surface area contributed by atoms with Gasteiger partial charge in [0.15, 0.2) is 6.04 Å². The first-order valence-corrected chi connectivity index (χ1v) is 15.4. The van der Waals surface area contributed by atoms with Crippen molar-refractivity contribution in [3.63, 3.8) is 0 Å². The van der Waals surface area contributed by atoms with Crippen LogP contribution in [0, 0.1) is 0 Å². The zero-order valence-electron chi connectivity index (χ0n) is 23.5. The highest BCUT2D eigenvalue weighted by molar-refractivity contribution is 7.99. The zero-order chi connectivity index (χ0) is 27.7. The summed E-state index contributed by atoms with van der Waals surface area (Å²) in [7, 11) is 1.16. The van der Waals surface area contributed by atoms with E-state index < -0.39 is 30.6 Å². The van der Waals surface area contributed by atoms with Crippen molar-refractivity contribution < 1.29 is 29.0 Å². The van der Waals surface area contributed by atoms with E-state index in [4.69, 9.17) is 0 Å². The highest BCUT2D eigenvalue weighted by Gasteiger charge is 2.26. The second-order valence-corrected chi connectivity index (χ2v) is 10.9. The molecule has 0 radical (unpaired) electrons. The summed E-state index contributed by atoms with van der Waals surface area (Å²) in [4.78, 5) is 47.6. The van der Waals surface area contributed by atoms with Crippen molar-refractivity contribution >= 4 is 35.3 Å². The number of ether oxygens (including phenoxy) is 1. The highest BCUT2D eigenvalue weighted by Crippen LogP contribution is 2.14. The van der Waals surface area contributed by atoms with E-state index in [0.717, 1.165) is 26.4 Å². The lowest BCUT2D eigenvalue weighted by Gasteiger charge is -2.20. The van der Waals surface area contributed by atoms with Crippen molar-refractivity contribution in [1.29, 1.82) is 0 Å². The number of carbonyl (C=O) groups is 4. The van der Waals surface area contributed by atoms with Gasteiger partial charge in [-0.2, -0.15) is 11.8 Å². The van der Waals surface area contributed by atoms with Gasteiger partial charge in [-0.25, -0.2) is 4.79 Å². The summed E-state index contributed by atoms with van der Waals surface area (Å²) in [6.45, 7) is 2.96. The summed E-state index contributed by atoms with van der Waals surface area (Å²) < 4.78 is 4.54. The Hall–Kier alpha value is -1.61. The van der Waals surface area contributed by atoms with Crippen LogP contribution in [-0.4, -0.2) is 66.0 Å². The Morgan fingerprint density at radius 1 is 0.757 bits per heavy atom. The molecule has 2 atom stereocenters. The van der Waals surface area contributed by atoms with Crippen LogP contribution in [0.5, 0.6) is 0 Å². The standard InChI is InChI=1S/C28H52N2O6S/c1-4-5-6-7-8-9-10-11-12-13-14-15-16-18-24(33)19-17-20-37-22-26(29-23(2)32)27(34)30-25(21-31)28(35)36-3/h25-26,31H,4-22H2,1-3H3,(H,29,32)(H,30,34)/t25-,26-/m0/s1. The fraction of sp³-hybridized carbons (Fsp3) is 0.857. The van der Waals surface area contributed by atoms with Gasteiger partial charge in [0, 0.05) is 25.5 Å². The molecule has 0 aliphatic carbocycles. The minimum atomic E-state index is -1.18. The molecule has 0 spiro atoms. The predicted octanol–water partition coefficient (Wildman–Crippen LogP) is 4.71. The molecule has 216 valence electrons. The largest absolute Gasteiger partial charge is 0.467 e. The molecule has 0 heterocycles. The number of hydrogen-bond donors (Lipinski definition) is 3. The third-order valence-corrected chi connectivity index (χ3v) is 7.41. The number of methoxy groups -OCH3 is 1. The number of hydrogen-bond acceptors (Lipinski definition) is 7. The molecule has 37 heavy (non-hydrogen) atoms. The lowest BCUT2D eigenvalue weighted by atomic mass is 10.0. The fourth-order valence-corrected chi connectivity index (χ4v) is 5.04. The average molecular weight is 545 g/mol. The zero-order valence-corrected chi connectivity index (χ0v) is 24.3. The summed E-state index contributed by atoms with van der Waals surface area (Å²) in [5.74, 6) is -0.417. The van der Waals surface area contributed by atoms with Crippen LogP contribution in [-0.2, 0) is 23.9 Å². The summed E-state index contributed by atoms with van der Waals surface area (Å²) in [6, 6.07) is -2.02. The van der Waals surface area contributed by atoms with Gasteiger partial charge in [-0.05, 0) is 18.6 Å². The predicted molar refractivity (Wildman–Crippen MR) is 151 cm³/mol. The van der Waals surface area contributed by atoms with Gasteiger partial charge >= 0.3 is 5.97 Å². The summed E-state index contributed by atoms with van der Waals surface area (Å²) in [6.07, 6.45) is 18.6. The first kappa shape index (κ1) is 35.4. The molecule has 0 rings (SSSR count). The lowest BCUT2D eigenvalue weighted by Crippen LogP contribution is -2.53. The molecule has 0 saturated heterocycles. The van der Waals surface area contributed by atoms with Gasteiger partial charge in [0.2, 0.25) is 11.8 Å². The number of aliphatic hydroxyl groups excluding tert-OH is 1. The van der Waals surface area contributed by atoms with Crippen LogP contribution >= 0.6 is 11.8 Å². The molecule has 0 saturated carbocycles. The second-order valence-electron chi connectivity index (χ2n) is 9.73. The molecular formula is C28H52N2O6S. The highest BCUT2D eigenvalue weighted by atomic mass is 32.2.